The first-order chi connectivity index (χ1) is 7.69. The van der Waals surface area contributed by atoms with Crippen LogP contribution in [-0.4, -0.2) is 23.2 Å². The summed E-state index contributed by atoms with van der Waals surface area (Å²) in [4.78, 5) is 14.4. The van der Waals surface area contributed by atoms with Gasteiger partial charge in [0.1, 0.15) is 5.52 Å². The van der Waals surface area contributed by atoms with Gasteiger partial charge in [0.25, 0.3) is 0 Å². The Balaban J connectivity index is 2.39. The molecule has 16 heavy (non-hydrogen) atoms. The average molecular weight is 219 g/mol. The van der Waals surface area contributed by atoms with Gasteiger partial charge in [0.15, 0.2) is 5.58 Å². The quantitative estimate of drug-likeness (QED) is 0.798. The van der Waals surface area contributed by atoms with Gasteiger partial charge in [-0.15, -0.1) is 0 Å². The van der Waals surface area contributed by atoms with Crippen LogP contribution in [-0.2, 0) is 4.79 Å². The zero-order valence-electron chi connectivity index (χ0n) is 8.51. The van der Waals surface area contributed by atoms with E-state index < -0.39 is 5.97 Å². The number of ether oxygens (including phenoxy) is 1. The van der Waals surface area contributed by atoms with Gasteiger partial charge in [-0.3, -0.25) is 0 Å². The molecule has 0 amide bonds. The number of methoxy groups -OCH3 is 1. The van der Waals surface area contributed by atoms with Gasteiger partial charge in [-0.05, 0) is 23.8 Å². The van der Waals surface area contributed by atoms with Gasteiger partial charge < -0.3 is 14.3 Å². The summed E-state index contributed by atoms with van der Waals surface area (Å²) in [5, 5.41) is 8.49. The normalized spacial score (nSPS) is 11.1. The number of oxazole rings is 1. The average Bonchev–Trinajstić information content (AvgIpc) is 2.68. The van der Waals surface area contributed by atoms with Crippen LogP contribution >= 0.6 is 0 Å². The molecule has 5 heteroatoms. The van der Waals surface area contributed by atoms with Gasteiger partial charge in [-0.25, -0.2) is 4.79 Å². The van der Waals surface area contributed by atoms with Gasteiger partial charge in [-0.2, -0.15) is 4.98 Å². The third-order valence-corrected chi connectivity index (χ3v) is 1.99. The van der Waals surface area contributed by atoms with E-state index in [4.69, 9.17) is 14.3 Å². The predicted molar refractivity (Wildman–Crippen MR) is 57.2 cm³/mol. The lowest BCUT2D eigenvalue weighted by Gasteiger charge is -1.90. The molecular weight excluding hydrogens is 210 g/mol. The second kappa shape index (κ2) is 4.06. The minimum atomic E-state index is -0.991. The first-order valence-electron chi connectivity index (χ1n) is 4.54. The summed E-state index contributed by atoms with van der Waals surface area (Å²) in [6, 6.07) is 5.19. The Morgan fingerprint density at radius 1 is 1.56 bits per heavy atom. The van der Waals surface area contributed by atoms with E-state index in [0.717, 1.165) is 11.6 Å². The highest BCUT2D eigenvalue weighted by molar-refractivity contribution is 5.86. The van der Waals surface area contributed by atoms with Crippen molar-refractivity contribution in [2.45, 2.75) is 0 Å². The van der Waals surface area contributed by atoms with Gasteiger partial charge in [0.2, 0.25) is 0 Å². The third kappa shape index (κ3) is 2.03. The van der Waals surface area contributed by atoms with E-state index in [0.29, 0.717) is 11.1 Å². The number of carboxylic acids is 1. The lowest BCUT2D eigenvalue weighted by Crippen LogP contribution is -1.85. The van der Waals surface area contributed by atoms with Crippen LogP contribution in [0.4, 0.5) is 0 Å². The second-order valence-electron chi connectivity index (χ2n) is 3.08. The highest BCUT2D eigenvalue weighted by Gasteiger charge is 2.05. The number of nitrogens with zero attached hydrogens (tertiary/aromatic N) is 1. The molecule has 0 fully saturated rings. The first-order valence-corrected chi connectivity index (χ1v) is 4.54. The summed E-state index contributed by atoms with van der Waals surface area (Å²) in [5.41, 5.74) is 1.96. The largest absolute Gasteiger partial charge is 0.478 e. The monoisotopic (exact) mass is 219 g/mol. The van der Waals surface area contributed by atoms with Crippen LogP contribution in [0, 0.1) is 0 Å². The smallest absolute Gasteiger partial charge is 0.394 e. The number of benzene rings is 1. The summed E-state index contributed by atoms with van der Waals surface area (Å²) in [7, 11) is 1.47. The van der Waals surface area contributed by atoms with Crippen LogP contribution in [0.1, 0.15) is 5.56 Å². The van der Waals surface area contributed by atoms with Crippen molar-refractivity contribution >= 4 is 23.1 Å². The number of carboxylic acid groups (broad SMARTS) is 1. The summed E-state index contributed by atoms with van der Waals surface area (Å²) in [6.07, 6.45) is 2.74. The number of aliphatic carboxylic acids is 1. The van der Waals surface area contributed by atoms with Crippen molar-refractivity contribution in [3.63, 3.8) is 0 Å². The maximum Gasteiger partial charge on any atom is 0.394 e. The Hall–Kier alpha value is -2.30. The van der Waals surface area contributed by atoms with E-state index in [-0.39, 0.29) is 6.08 Å². The minimum Gasteiger partial charge on any atom is -0.478 e. The van der Waals surface area contributed by atoms with Crippen molar-refractivity contribution in [3.05, 3.63) is 29.8 Å². The molecule has 0 radical (unpaired) electrons. The van der Waals surface area contributed by atoms with E-state index in [9.17, 15) is 4.79 Å². The Morgan fingerprint density at radius 3 is 3.06 bits per heavy atom. The van der Waals surface area contributed by atoms with Gasteiger partial charge in [-0.1, -0.05) is 6.07 Å². The van der Waals surface area contributed by atoms with Crippen LogP contribution < -0.4 is 4.74 Å². The van der Waals surface area contributed by atoms with E-state index in [1.54, 1.807) is 18.2 Å². The maximum atomic E-state index is 10.3. The molecule has 1 heterocycles. The molecule has 2 aromatic rings. The fourth-order valence-corrected chi connectivity index (χ4v) is 1.28. The Morgan fingerprint density at radius 2 is 2.38 bits per heavy atom. The Kier molecular flexibility index (Phi) is 2.59. The summed E-state index contributed by atoms with van der Waals surface area (Å²) >= 11 is 0. The van der Waals surface area contributed by atoms with E-state index >= 15 is 0 Å². The van der Waals surface area contributed by atoms with Crippen molar-refractivity contribution in [2.75, 3.05) is 7.11 Å². The molecule has 5 nitrogen and oxygen atoms in total. The van der Waals surface area contributed by atoms with E-state index in [2.05, 4.69) is 4.98 Å². The van der Waals surface area contributed by atoms with Gasteiger partial charge >= 0.3 is 12.0 Å². The number of carbonyl (C=O) groups is 1. The van der Waals surface area contributed by atoms with Crippen LogP contribution in [0.25, 0.3) is 17.2 Å². The van der Waals surface area contributed by atoms with Crippen LogP contribution in [0.2, 0.25) is 0 Å². The van der Waals surface area contributed by atoms with Crippen LogP contribution in [0.3, 0.4) is 0 Å². The van der Waals surface area contributed by atoms with Crippen LogP contribution in [0.5, 0.6) is 6.08 Å². The first kappa shape index (κ1) is 10.2. The molecule has 1 aromatic heterocycles. The Labute approximate surface area is 91.0 Å². The summed E-state index contributed by atoms with van der Waals surface area (Å²) < 4.78 is 10.1. The Bertz CT molecular complexity index is 556. The molecule has 0 saturated heterocycles. The summed E-state index contributed by atoms with van der Waals surface area (Å²) in [5.74, 6) is -0.991. The zero-order chi connectivity index (χ0) is 11.5. The number of fused-ring (bicyclic) bond motifs is 1. The van der Waals surface area contributed by atoms with Gasteiger partial charge in [0.05, 0.1) is 7.11 Å². The molecular formula is C11H9NO4. The number of rotatable bonds is 3. The van der Waals surface area contributed by atoms with E-state index in [1.807, 2.05) is 0 Å². The molecule has 0 aliphatic rings. The van der Waals surface area contributed by atoms with E-state index in [1.165, 1.54) is 13.2 Å². The standard InChI is InChI=1S/C11H9NO4/c1-15-11-12-8-4-2-7(3-5-10(13)14)6-9(8)16-11/h2-6H,1H3,(H,13,14)/b5-3+. The minimum absolute atomic E-state index is 0.189. The zero-order valence-corrected chi connectivity index (χ0v) is 8.51. The number of hydrogen-bond donors (Lipinski definition) is 1. The van der Waals surface area contributed by atoms with Crippen LogP contribution in [0.15, 0.2) is 28.7 Å². The lowest BCUT2D eigenvalue weighted by molar-refractivity contribution is -0.131. The van der Waals surface area contributed by atoms with Crippen molar-refractivity contribution in [1.29, 1.82) is 0 Å². The molecule has 0 aliphatic carbocycles. The van der Waals surface area contributed by atoms with Crippen molar-refractivity contribution < 1.29 is 19.1 Å². The van der Waals surface area contributed by atoms with Crippen molar-refractivity contribution in [2.24, 2.45) is 0 Å². The molecule has 0 saturated carbocycles. The molecule has 0 atom stereocenters. The molecule has 0 spiro atoms. The molecule has 1 aromatic carbocycles. The molecule has 1 N–H and O–H groups in total. The van der Waals surface area contributed by atoms with Crippen molar-refractivity contribution in [1.82, 2.24) is 4.98 Å². The fraction of sp³-hybridized carbons (Fsp3) is 0.0909. The lowest BCUT2D eigenvalue weighted by atomic mass is 10.2. The molecule has 82 valence electrons. The number of hydrogen-bond acceptors (Lipinski definition) is 4. The molecule has 0 aliphatic heterocycles. The topological polar surface area (TPSA) is 72.6 Å². The predicted octanol–water partition coefficient (Wildman–Crippen LogP) is 1.93. The SMILES string of the molecule is COc1nc2ccc(/C=C/C(=O)O)cc2o1. The van der Waals surface area contributed by atoms with Gasteiger partial charge in [0, 0.05) is 6.08 Å². The highest BCUT2D eigenvalue weighted by Crippen LogP contribution is 2.21. The summed E-state index contributed by atoms with van der Waals surface area (Å²) in [6.45, 7) is 0. The van der Waals surface area contributed by atoms with Crippen molar-refractivity contribution in [3.8, 4) is 6.08 Å². The number of aromatic nitrogens is 1. The molecule has 0 bridgehead atoms. The fourth-order valence-electron chi connectivity index (χ4n) is 1.28. The third-order valence-electron chi connectivity index (χ3n) is 1.99. The molecule has 0 unspecified atom stereocenters. The maximum absolute atomic E-state index is 10.3. The highest BCUT2D eigenvalue weighted by atomic mass is 16.6. The molecule has 2 rings (SSSR count). The second-order valence-corrected chi connectivity index (χ2v) is 3.08.